The Kier molecular flexibility index (Phi) is 5.88. The smallest absolute Gasteiger partial charge is 0.296 e. The highest BCUT2D eigenvalue weighted by Gasteiger charge is 2.46. The number of furan rings is 1. The Morgan fingerprint density at radius 2 is 1.85 bits per heavy atom. The monoisotopic (exact) mass is 540 g/mol. The molecule has 39 heavy (non-hydrogen) atoms. The topological polar surface area (TPSA) is 102 Å². The summed E-state index contributed by atoms with van der Waals surface area (Å²) in [5.74, 6) is -0.974. The van der Waals surface area contributed by atoms with Crippen LogP contribution in [0.1, 0.15) is 33.3 Å². The maximum absolute atomic E-state index is 14.0. The molecule has 0 aliphatic carbocycles. The summed E-state index contributed by atoms with van der Waals surface area (Å²) in [6.07, 6.45) is 0. The molecular formula is C30H24N2O6S. The SMILES string of the molecule is COc1cccc(C2C(C(=O)c3cc4cccc(OC)c4o3)=C(O)C(=O)N2c2nc3c(C)cc(C)cc3s2)c1. The molecular weight excluding hydrogens is 516 g/mol. The fraction of sp³-hybridized carbons (Fsp3) is 0.167. The van der Waals surface area contributed by atoms with E-state index >= 15 is 0 Å². The van der Waals surface area contributed by atoms with Gasteiger partial charge in [0, 0.05) is 5.39 Å². The Hall–Kier alpha value is -4.63. The molecule has 0 radical (unpaired) electrons. The van der Waals surface area contributed by atoms with Crippen LogP contribution in [0.5, 0.6) is 11.5 Å². The number of amides is 1. The van der Waals surface area contributed by atoms with Gasteiger partial charge < -0.3 is 19.0 Å². The molecule has 1 amide bonds. The van der Waals surface area contributed by atoms with Crippen LogP contribution in [0.3, 0.4) is 0 Å². The molecule has 1 aliphatic heterocycles. The fourth-order valence-corrected chi connectivity index (χ4v) is 6.23. The van der Waals surface area contributed by atoms with Crippen molar-refractivity contribution in [1.82, 2.24) is 4.98 Å². The van der Waals surface area contributed by atoms with Gasteiger partial charge in [0.25, 0.3) is 5.91 Å². The van der Waals surface area contributed by atoms with E-state index < -0.39 is 23.5 Å². The third-order valence-corrected chi connectivity index (χ3v) is 7.84. The summed E-state index contributed by atoms with van der Waals surface area (Å²) in [4.78, 5) is 33.8. The Balaban J connectivity index is 1.53. The van der Waals surface area contributed by atoms with Gasteiger partial charge in [-0.05, 0) is 60.9 Å². The highest BCUT2D eigenvalue weighted by molar-refractivity contribution is 7.22. The largest absolute Gasteiger partial charge is 0.503 e. The molecule has 9 heteroatoms. The highest BCUT2D eigenvalue weighted by atomic mass is 32.1. The van der Waals surface area contributed by atoms with E-state index in [1.165, 1.54) is 30.5 Å². The average molecular weight is 541 g/mol. The first-order chi connectivity index (χ1) is 18.8. The van der Waals surface area contributed by atoms with Gasteiger partial charge in [0.2, 0.25) is 5.78 Å². The van der Waals surface area contributed by atoms with E-state index in [0.717, 1.165) is 21.3 Å². The molecule has 3 heterocycles. The van der Waals surface area contributed by atoms with Gasteiger partial charge in [0.05, 0.1) is 36.1 Å². The van der Waals surface area contributed by atoms with Crippen molar-refractivity contribution < 1.29 is 28.6 Å². The molecule has 2 aromatic heterocycles. The maximum atomic E-state index is 14.0. The van der Waals surface area contributed by atoms with Gasteiger partial charge in [-0.1, -0.05) is 41.7 Å². The molecule has 1 atom stereocenters. The molecule has 1 unspecified atom stereocenters. The van der Waals surface area contributed by atoms with Crippen LogP contribution in [-0.4, -0.2) is 36.0 Å². The van der Waals surface area contributed by atoms with E-state index in [9.17, 15) is 14.7 Å². The number of benzene rings is 3. The van der Waals surface area contributed by atoms with Gasteiger partial charge >= 0.3 is 0 Å². The normalized spacial score (nSPS) is 15.5. The number of Topliss-reactive ketones (excluding diaryl/α,β-unsaturated/α-hetero) is 1. The van der Waals surface area contributed by atoms with Crippen molar-refractivity contribution in [2.75, 3.05) is 19.1 Å². The van der Waals surface area contributed by atoms with Crippen molar-refractivity contribution in [3.63, 3.8) is 0 Å². The van der Waals surface area contributed by atoms with Gasteiger partial charge in [0.15, 0.2) is 28.0 Å². The van der Waals surface area contributed by atoms with Gasteiger partial charge in [-0.15, -0.1) is 0 Å². The predicted molar refractivity (Wildman–Crippen MR) is 149 cm³/mol. The number of aliphatic hydroxyl groups excluding tert-OH is 1. The molecule has 6 rings (SSSR count). The molecule has 0 spiro atoms. The number of carbonyl (C=O) groups excluding carboxylic acids is 2. The van der Waals surface area contributed by atoms with Crippen LogP contribution >= 0.6 is 11.3 Å². The van der Waals surface area contributed by atoms with Crippen LogP contribution in [0, 0.1) is 13.8 Å². The second kappa shape index (κ2) is 9.28. The Morgan fingerprint density at radius 1 is 1.05 bits per heavy atom. The molecule has 0 saturated carbocycles. The van der Waals surface area contributed by atoms with Crippen LogP contribution in [-0.2, 0) is 4.79 Å². The van der Waals surface area contributed by atoms with Crippen molar-refractivity contribution in [1.29, 1.82) is 0 Å². The van der Waals surface area contributed by atoms with E-state index in [2.05, 4.69) is 0 Å². The number of ketones is 1. The van der Waals surface area contributed by atoms with Crippen molar-refractivity contribution in [3.8, 4) is 11.5 Å². The zero-order chi connectivity index (χ0) is 27.4. The third kappa shape index (κ3) is 3.93. The second-order valence-electron chi connectivity index (χ2n) is 9.36. The minimum Gasteiger partial charge on any atom is -0.503 e. The van der Waals surface area contributed by atoms with Gasteiger partial charge in [-0.2, -0.15) is 0 Å². The number of para-hydroxylation sites is 1. The van der Waals surface area contributed by atoms with Crippen molar-refractivity contribution >= 4 is 49.3 Å². The first-order valence-electron chi connectivity index (χ1n) is 12.2. The van der Waals surface area contributed by atoms with Crippen LogP contribution in [0.15, 0.2) is 76.4 Å². The molecule has 1 N–H and O–H groups in total. The van der Waals surface area contributed by atoms with Crippen LogP contribution < -0.4 is 14.4 Å². The number of rotatable bonds is 6. The summed E-state index contributed by atoms with van der Waals surface area (Å²) in [6, 6.07) is 17.0. The summed E-state index contributed by atoms with van der Waals surface area (Å²) in [7, 11) is 3.05. The molecule has 8 nitrogen and oxygen atoms in total. The lowest BCUT2D eigenvalue weighted by Gasteiger charge is -2.24. The molecule has 5 aromatic rings. The number of anilines is 1. The van der Waals surface area contributed by atoms with Crippen LogP contribution in [0.2, 0.25) is 0 Å². The number of nitrogens with zero attached hydrogens (tertiary/aromatic N) is 2. The standard InChI is InChI=1S/C30H24N2O6S/c1-15-11-16(2)24-22(12-15)39-30(31-24)32-25(17-7-5-9-19(13-17)36-3)23(27(34)29(32)35)26(33)21-14-18-8-6-10-20(37-4)28(18)38-21/h5-14,25,34H,1-4H3. The number of methoxy groups -OCH3 is 2. The summed E-state index contributed by atoms with van der Waals surface area (Å²) in [6.45, 7) is 3.96. The lowest BCUT2D eigenvalue weighted by Crippen LogP contribution is -2.31. The minimum absolute atomic E-state index is 0.0191. The summed E-state index contributed by atoms with van der Waals surface area (Å²) < 4.78 is 17.6. The highest BCUT2D eigenvalue weighted by Crippen LogP contribution is 2.45. The number of carbonyl (C=O) groups is 2. The van der Waals surface area contributed by atoms with Crippen molar-refractivity contribution in [3.05, 3.63) is 94.4 Å². The zero-order valence-corrected chi connectivity index (χ0v) is 22.5. The zero-order valence-electron chi connectivity index (χ0n) is 21.6. The summed E-state index contributed by atoms with van der Waals surface area (Å²) >= 11 is 1.33. The average Bonchev–Trinajstić information content (AvgIpc) is 3.62. The lowest BCUT2D eigenvalue weighted by molar-refractivity contribution is -0.117. The molecule has 0 fully saturated rings. The van der Waals surface area contributed by atoms with E-state index in [1.807, 2.05) is 26.0 Å². The van der Waals surface area contributed by atoms with Gasteiger partial charge in [0.1, 0.15) is 5.75 Å². The fourth-order valence-electron chi connectivity index (χ4n) is 5.07. The first-order valence-corrected chi connectivity index (χ1v) is 13.0. The Bertz CT molecular complexity index is 1830. The van der Waals surface area contributed by atoms with Crippen LogP contribution in [0.4, 0.5) is 5.13 Å². The third-order valence-electron chi connectivity index (χ3n) is 6.84. The molecule has 196 valence electrons. The quantitative estimate of drug-likeness (QED) is 0.247. The van der Waals surface area contributed by atoms with E-state index in [0.29, 0.717) is 33.2 Å². The summed E-state index contributed by atoms with van der Waals surface area (Å²) in [5.41, 5.74) is 3.70. The number of fused-ring (bicyclic) bond motifs is 2. The number of aromatic nitrogens is 1. The Labute approximate surface area is 227 Å². The number of hydrogen-bond acceptors (Lipinski definition) is 8. The number of ether oxygens (including phenoxy) is 2. The predicted octanol–water partition coefficient (Wildman–Crippen LogP) is 6.46. The summed E-state index contributed by atoms with van der Waals surface area (Å²) in [5, 5.41) is 12.2. The minimum atomic E-state index is -0.961. The van der Waals surface area contributed by atoms with E-state index in [1.54, 1.807) is 48.5 Å². The number of thiazole rings is 1. The second-order valence-corrected chi connectivity index (χ2v) is 10.4. The van der Waals surface area contributed by atoms with Crippen molar-refractivity contribution in [2.45, 2.75) is 19.9 Å². The first kappa shape index (κ1) is 24.7. The number of aliphatic hydroxyl groups is 1. The number of hydrogen-bond donors (Lipinski definition) is 1. The number of aryl methyl sites for hydroxylation is 2. The molecule has 3 aromatic carbocycles. The van der Waals surface area contributed by atoms with Crippen molar-refractivity contribution in [2.24, 2.45) is 0 Å². The van der Waals surface area contributed by atoms with E-state index in [4.69, 9.17) is 18.9 Å². The molecule has 1 aliphatic rings. The van der Waals surface area contributed by atoms with Gasteiger partial charge in [-0.3, -0.25) is 14.5 Å². The van der Waals surface area contributed by atoms with E-state index in [-0.39, 0.29) is 11.3 Å². The molecule has 0 bridgehead atoms. The Morgan fingerprint density at radius 3 is 2.62 bits per heavy atom. The maximum Gasteiger partial charge on any atom is 0.296 e. The lowest BCUT2D eigenvalue weighted by atomic mass is 9.95. The van der Waals surface area contributed by atoms with Crippen LogP contribution in [0.25, 0.3) is 21.2 Å². The molecule has 0 saturated heterocycles. The van der Waals surface area contributed by atoms with Gasteiger partial charge in [-0.25, -0.2) is 4.98 Å².